The van der Waals surface area contributed by atoms with E-state index in [4.69, 9.17) is 22.1 Å². The maximum Gasteiger partial charge on any atom is 0.247 e. The van der Waals surface area contributed by atoms with Crippen LogP contribution in [0.2, 0.25) is 5.02 Å². The maximum atomic E-state index is 11.6. The van der Waals surface area contributed by atoms with E-state index in [0.717, 1.165) is 37.4 Å². The number of piperazine rings is 1. The molecule has 1 amide bonds. The summed E-state index contributed by atoms with van der Waals surface area (Å²) in [6.07, 6.45) is 1.22. The lowest BCUT2D eigenvalue weighted by molar-refractivity contribution is -0.111. The van der Waals surface area contributed by atoms with Crippen LogP contribution in [0.4, 0.5) is 34.6 Å². The Morgan fingerprint density at radius 2 is 2.00 bits per heavy atom. The Morgan fingerprint density at radius 3 is 2.73 bits per heavy atom. The third-order valence-electron chi connectivity index (χ3n) is 5.74. The highest BCUT2D eigenvalue weighted by molar-refractivity contribution is 14.1. The quantitative estimate of drug-likeness (QED) is 0.151. The number of benzene rings is 2. The van der Waals surface area contributed by atoms with Crippen LogP contribution in [-0.2, 0) is 11.3 Å². The minimum atomic E-state index is -0.279. The van der Waals surface area contributed by atoms with Crippen LogP contribution < -0.4 is 31.3 Å². The van der Waals surface area contributed by atoms with E-state index in [0.29, 0.717) is 29.5 Å². The third-order valence-corrected chi connectivity index (χ3v) is 7.08. The molecular weight excluding hydrogens is 607 g/mol. The van der Waals surface area contributed by atoms with Gasteiger partial charge in [0.25, 0.3) is 0 Å². The van der Waals surface area contributed by atoms with Gasteiger partial charge < -0.3 is 31.3 Å². The van der Waals surface area contributed by atoms with Crippen molar-refractivity contribution in [3.63, 3.8) is 0 Å². The Kier molecular flexibility index (Phi) is 8.90. The van der Waals surface area contributed by atoms with Crippen LogP contribution in [0.25, 0.3) is 0 Å². The number of hydrogen-bond acceptors (Lipinski definition) is 9. The van der Waals surface area contributed by atoms with Gasteiger partial charge in [0, 0.05) is 73.0 Å². The van der Waals surface area contributed by atoms with Crippen molar-refractivity contribution in [2.45, 2.75) is 6.54 Å². The topological polar surface area (TPSA) is 121 Å². The number of aromatic nitrogens is 2. The average Bonchev–Trinajstić information content (AvgIpc) is 2.90. The van der Waals surface area contributed by atoms with Gasteiger partial charge in [0.1, 0.15) is 16.6 Å². The first kappa shape index (κ1) is 26.8. The average molecular weight is 635 g/mol. The molecule has 1 aliphatic rings. The number of carbonyl (C=O) groups excluding carboxylic acids is 1. The van der Waals surface area contributed by atoms with Crippen molar-refractivity contribution < 1.29 is 9.53 Å². The van der Waals surface area contributed by atoms with Gasteiger partial charge in [0.2, 0.25) is 11.9 Å². The predicted molar refractivity (Wildman–Crippen MR) is 158 cm³/mol. The summed E-state index contributed by atoms with van der Waals surface area (Å²) in [6.45, 7) is 7.78. The maximum absolute atomic E-state index is 11.6. The molecule has 0 saturated carbocycles. The van der Waals surface area contributed by atoms with E-state index in [9.17, 15) is 4.79 Å². The number of anilines is 6. The highest BCUT2D eigenvalue weighted by Crippen LogP contribution is 2.34. The number of methoxy groups -OCH3 is 1. The molecule has 1 aromatic heterocycles. The molecular formula is C25H28ClIN8O2. The first-order chi connectivity index (χ1) is 17.9. The van der Waals surface area contributed by atoms with E-state index >= 15 is 0 Å². The number of nitrogen functional groups attached to an aromatic ring is 1. The van der Waals surface area contributed by atoms with E-state index in [1.165, 1.54) is 6.08 Å². The van der Waals surface area contributed by atoms with Crippen LogP contribution >= 0.6 is 34.5 Å². The van der Waals surface area contributed by atoms with Gasteiger partial charge in [-0.25, -0.2) is 3.11 Å². The summed E-state index contributed by atoms with van der Waals surface area (Å²) in [5.74, 6) is 1.19. The molecule has 2 aromatic carbocycles. The fourth-order valence-electron chi connectivity index (χ4n) is 3.82. The summed E-state index contributed by atoms with van der Waals surface area (Å²) in [5.41, 5.74) is 9.45. The zero-order valence-electron chi connectivity index (χ0n) is 20.3. The Balaban J connectivity index is 1.49. The molecule has 10 nitrogen and oxygen atoms in total. The summed E-state index contributed by atoms with van der Waals surface area (Å²) in [4.78, 5) is 22.7. The zero-order chi connectivity index (χ0) is 26.4. The second-order valence-corrected chi connectivity index (χ2v) is 9.99. The van der Waals surface area contributed by atoms with Crippen molar-refractivity contribution in [1.29, 1.82) is 0 Å². The van der Waals surface area contributed by atoms with Crippen molar-refractivity contribution in [1.82, 2.24) is 13.1 Å². The molecule has 1 aliphatic heterocycles. The van der Waals surface area contributed by atoms with Crippen LogP contribution in [0.15, 0.2) is 55.1 Å². The molecule has 1 saturated heterocycles. The van der Waals surface area contributed by atoms with Gasteiger partial charge in [-0.1, -0.05) is 30.3 Å². The van der Waals surface area contributed by atoms with E-state index in [2.05, 4.69) is 63.4 Å². The molecule has 0 aliphatic carbocycles. The zero-order valence-corrected chi connectivity index (χ0v) is 23.2. The van der Waals surface area contributed by atoms with Crippen molar-refractivity contribution in [2.24, 2.45) is 0 Å². The van der Waals surface area contributed by atoms with Gasteiger partial charge in [0.15, 0.2) is 5.82 Å². The Hall–Kier alpha value is -3.29. The number of hydrogen-bond donors (Lipinski definition) is 4. The molecule has 0 unspecified atom stereocenters. The van der Waals surface area contributed by atoms with Crippen LogP contribution in [0.1, 0.15) is 5.56 Å². The number of carbonyl (C=O) groups is 1. The molecule has 1 fully saturated rings. The largest absolute Gasteiger partial charge is 0.494 e. The van der Waals surface area contributed by atoms with Crippen LogP contribution in [-0.4, -0.2) is 52.3 Å². The normalized spacial score (nSPS) is 13.6. The number of ether oxygens (including phenoxy) is 1. The molecule has 0 bridgehead atoms. The molecule has 0 spiro atoms. The molecule has 4 rings (SSSR count). The Labute approximate surface area is 234 Å². The molecule has 5 N–H and O–H groups in total. The summed E-state index contributed by atoms with van der Waals surface area (Å²) in [6, 6.07) is 13.4. The monoisotopic (exact) mass is 634 g/mol. The van der Waals surface area contributed by atoms with E-state index in [1.54, 1.807) is 13.2 Å². The van der Waals surface area contributed by atoms with Gasteiger partial charge in [-0.05, 0) is 35.9 Å². The lowest BCUT2D eigenvalue weighted by atomic mass is 10.2. The standard InChI is InChI=1S/C25H28ClIN8O2/c1-3-21(36)30-17-6-4-5-16(13-17)15-29-24-22(26)23(28)32-25(33-24)31-19-8-7-18(14-20(19)37-2)34-9-11-35(27)12-10-34/h3-8,13-14H,1,9-12,15H2,2H3,(H,30,36)(H4,28,29,31,32,33). The molecule has 194 valence electrons. The fraction of sp³-hybridized carbons (Fsp3) is 0.240. The highest BCUT2D eigenvalue weighted by Gasteiger charge is 2.18. The highest BCUT2D eigenvalue weighted by atomic mass is 127. The number of nitrogens with two attached hydrogens (primary N) is 1. The molecule has 3 aromatic rings. The number of halogens is 2. The minimum Gasteiger partial charge on any atom is -0.494 e. The number of nitrogens with one attached hydrogen (secondary N) is 3. The molecule has 37 heavy (non-hydrogen) atoms. The second-order valence-electron chi connectivity index (χ2n) is 8.25. The summed E-state index contributed by atoms with van der Waals surface area (Å²) < 4.78 is 7.93. The van der Waals surface area contributed by atoms with Gasteiger partial charge in [-0.15, -0.1) is 0 Å². The number of nitrogens with zero attached hydrogens (tertiary/aromatic N) is 4. The van der Waals surface area contributed by atoms with Gasteiger partial charge in [0.05, 0.1) is 12.8 Å². The fourth-order valence-corrected chi connectivity index (χ4v) is 4.40. The van der Waals surface area contributed by atoms with Gasteiger partial charge >= 0.3 is 0 Å². The van der Waals surface area contributed by atoms with E-state index < -0.39 is 0 Å². The van der Waals surface area contributed by atoms with Crippen LogP contribution in [0.3, 0.4) is 0 Å². The lowest BCUT2D eigenvalue weighted by Crippen LogP contribution is -2.42. The predicted octanol–water partition coefficient (Wildman–Crippen LogP) is 4.67. The molecule has 0 atom stereocenters. The smallest absolute Gasteiger partial charge is 0.247 e. The van der Waals surface area contributed by atoms with Crippen LogP contribution in [0, 0.1) is 0 Å². The summed E-state index contributed by atoms with van der Waals surface area (Å²) in [7, 11) is 1.63. The summed E-state index contributed by atoms with van der Waals surface area (Å²) in [5, 5.41) is 9.35. The van der Waals surface area contributed by atoms with Gasteiger partial charge in [-0.3, -0.25) is 4.79 Å². The summed E-state index contributed by atoms with van der Waals surface area (Å²) >= 11 is 8.74. The Bertz CT molecular complexity index is 1280. The van der Waals surface area contributed by atoms with Gasteiger partial charge in [-0.2, -0.15) is 9.97 Å². The Morgan fingerprint density at radius 1 is 1.22 bits per heavy atom. The molecule has 2 heterocycles. The first-order valence-corrected chi connectivity index (χ1v) is 12.9. The van der Waals surface area contributed by atoms with Crippen LogP contribution in [0.5, 0.6) is 5.75 Å². The first-order valence-electron chi connectivity index (χ1n) is 11.6. The molecule has 12 heteroatoms. The lowest BCUT2D eigenvalue weighted by Gasteiger charge is -2.33. The van der Waals surface area contributed by atoms with Crippen molar-refractivity contribution in [2.75, 3.05) is 59.9 Å². The second kappa shape index (κ2) is 12.3. The SMILES string of the molecule is C=CC(=O)Nc1cccc(CNc2nc(Nc3ccc(N4CCN(I)CC4)cc3OC)nc(N)c2Cl)c1. The molecule has 0 radical (unpaired) electrons. The van der Waals surface area contributed by atoms with Crippen molar-refractivity contribution >= 4 is 75.0 Å². The minimum absolute atomic E-state index is 0.140. The number of rotatable bonds is 9. The van der Waals surface area contributed by atoms with E-state index in [1.807, 2.05) is 36.4 Å². The van der Waals surface area contributed by atoms with E-state index in [-0.39, 0.29) is 22.7 Å². The van der Waals surface area contributed by atoms with Crippen molar-refractivity contribution in [3.8, 4) is 5.75 Å². The van der Waals surface area contributed by atoms with Crippen molar-refractivity contribution in [3.05, 3.63) is 65.7 Å². The third kappa shape index (κ3) is 6.93. The number of amides is 1.